The summed E-state index contributed by atoms with van der Waals surface area (Å²) in [6.45, 7) is 3.29. The number of nitriles is 1. The molecule has 0 N–H and O–H groups in total. The van der Waals surface area contributed by atoms with Gasteiger partial charge in [0.1, 0.15) is 17.4 Å². The summed E-state index contributed by atoms with van der Waals surface area (Å²) in [5.41, 5.74) is 2.46. The van der Waals surface area contributed by atoms with Crippen LogP contribution in [0, 0.1) is 23.2 Å². The molecule has 3 rings (SSSR count). The number of hydrogen-bond acceptors (Lipinski definition) is 2. The zero-order valence-corrected chi connectivity index (χ0v) is 12.4. The molecule has 2 atom stereocenters. The lowest BCUT2D eigenvalue weighted by atomic mass is 10.1. The lowest BCUT2D eigenvalue weighted by Gasteiger charge is -2.13. The van der Waals surface area contributed by atoms with E-state index >= 15 is 0 Å². The topological polar surface area (TPSA) is 41.6 Å². The van der Waals surface area contributed by atoms with Crippen LogP contribution in [0.1, 0.15) is 37.6 Å². The number of nitrogens with zero attached hydrogens (tertiary/aromatic N) is 3. The largest absolute Gasteiger partial charge is 0.327 e. The van der Waals surface area contributed by atoms with Gasteiger partial charge in [-0.25, -0.2) is 4.98 Å². The van der Waals surface area contributed by atoms with E-state index < -0.39 is 0 Å². The summed E-state index contributed by atoms with van der Waals surface area (Å²) in [4.78, 5) is 4.57. The Hall–Kier alpha value is -1.53. The number of aromatic nitrogens is 2. The fraction of sp³-hybridized carbons (Fsp3) is 0.500. The van der Waals surface area contributed by atoms with Crippen LogP contribution < -0.4 is 0 Å². The second-order valence-electron chi connectivity index (χ2n) is 5.84. The van der Waals surface area contributed by atoms with Crippen LogP contribution in [0.3, 0.4) is 0 Å². The smallest absolute Gasteiger partial charge is 0.124 e. The lowest BCUT2D eigenvalue weighted by molar-refractivity contribution is 0.441. The Morgan fingerprint density at radius 1 is 1.45 bits per heavy atom. The summed E-state index contributed by atoms with van der Waals surface area (Å²) in [7, 11) is 0. The molecule has 4 heteroatoms. The van der Waals surface area contributed by atoms with Crippen molar-refractivity contribution in [3.8, 4) is 6.07 Å². The first kappa shape index (κ1) is 13.5. The van der Waals surface area contributed by atoms with E-state index in [1.54, 1.807) is 0 Å². The van der Waals surface area contributed by atoms with Gasteiger partial charge in [0.25, 0.3) is 0 Å². The molecule has 2 aromatic rings. The standard InChI is InChI=1S/C16H18ClN3/c1-11-5-6-12(7-11)10-20-14-4-2-3-13(9-18)16(14)19-15(20)8-17/h2-4,11-12H,5-8,10H2,1H3. The maximum atomic E-state index is 9.20. The van der Waals surface area contributed by atoms with Gasteiger partial charge in [0.15, 0.2) is 0 Å². The molecule has 0 spiro atoms. The Morgan fingerprint density at radius 3 is 2.95 bits per heavy atom. The van der Waals surface area contributed by atoms with Gasteiger partial charge in [-0.15, -0.1) is 11.6 Å². The summed E-state index contributed by atoms with van der Waals surface area (Å²) in [5.74, 6) is 2.80. The van der Waals surface area contributed by atoms with Crippen molar-refractivity contribution in [1.29, 1.82) is 5.26 Å². The van der Waals surface area contributed by atoms with Gasteiger partial charge < -0.3 is 4.57 Å². The van der Waals surface area contributed by atoms with Crippen LogP contribution in [-0.4, -0.2) is 9.55 Å². The van der Waals surface area contributed by atoms with Crippen LogP contribution in [0.15, 0.2) is 18.2 Å². The van der Waals surface area contributed by atoms with Crippen LogP contribution in [0.5, 0.6) is 0 Å². The van der Waals surface area contributed by atoms with Gasteiger partial charge in [0, 0.05) is 6.54 Å². The number of imidazole rings is 1. The number of fused-ring (bicyclic) bond motifs is 1. The highest BCUT2D eigenvalue weighted by atomic mass is 35.5. The summed E-state index contributed by atoms with van der Waals surface area (Å²) in [6.07, 6.45) is 3.87. The molecule has 1 aromatic heterocycles. The van der Waals surface area contributed by atoms with E-state index in [-0.39, 0.29) is 0 Å². The number of rotatable bonds is 3. The first-order valence-electron chi connectivity index (χ1n) is 7.17. The molecule has 0 amide bonds. The van der Waals surface area contributed by atoms with Crippen molar-refractivity contribution >= 4 is 22.6 Å². The molecule has 1 saturated carbocycles. The predicted octanol–water partition coefficient (Wildman–Crippen LogP) is 4.08. The first-order valence-corrected chi connectivity index (χ1v) is 7.70. The van der Waals surface area contributed by atoms with Gasteiger partial charge in [-0.05, 0) is 36.8 Å². The second kappa shape index (κ2) is 5.46. The van der Waals surface area contributed by atoms with E-state index in [1.165, 1.54) is 19.3 Å². The predicted molar refractivity (Wildman–Crippen MR) is 80.5 cm³/mol. The molecule has 3 nitrogen and oxygen atoms in total. The van der Waals surface area contributed by atoms with Crippen molar-refractivity contribution in [2.45, 2.75) is 38.6 Å². The summed E-state index contributed by atoms with van der Waals surface area (Å²) in [5, 5.41) is 9.20. The molecule has 1 aliphatic rings. The van der Waals surface area contributed by atoms with E-state index in [0.29, 0.717) is 17.4 Å². The monoisotopic (exact) mass is 287 g/mol. The molecule has 20 heavy (non-hydrogen) atoms. The van der Waals surface area contributed by atoms with E-state index in [2.05, 4.69) is 22.5 Å². The van der Waals surface area contributed by atoms with Crippen molar-refractivity contribution in [2.75, 3.05) is 0 Å². The number of halogens is 1. The molecular formula is C16H18ClN3. The first-order chi connectivity index (χ1) is 9.72. The molecule has 2 unspecified atom stereocenters. The third-order valence-corrected chi connectivity index (χ3v) is 4.58. The Kier molecular flexibility index (Phi) is 3.67. The molecule has 0 bridgehead atoms. The minimum atomic E-state index is 0.391. The van der Waals surface area contributed by atoms with Crippen molar-refractivity contribution in [2.24, 2.45) is 11.8 Å². The number of para-hydroxylation sites is 1. The van der Waals surface area contributed by atoms with Crippen molar-refractivity contribution < 1.29 is 0 Å². The quantitative estimate of drug-likeness (QED) is 0.798. The Labute approximate surface area is 124 Å². The van der Waals surface area contributed by atoms with E-state index in [4.69, 9.17) is 11.6 Å². The Morgan fingerprint density at radius 2 is 2.30 bits per heavy atom. The third kappa shape index (κ3) is 2.29. The molecule has 1 aliphatic carbocycles. The fourth-order valence-corrected chi connectivity index (χ4v) is 3.54. The van der Waals surface area contributed by atoms with Crippen molar-refractivity contribution in [3.05, 3.63) is 29.6 Å². The molecular weight excluding hydrogens is 270 g/mol. The summed E-state index contributed by atoms with van der Waals surface area (Å²) < 4.78 is 2.21. The van der Waals surface area contributed by atoms with Gasteiger partial charge in [0.2, 0.25) is 0 Å². The minimum absolute atomic E-state index is 0.391. The number of hydrogen-bond donors (Lipinski definition) is 0. The average Bonchev–Trinajstić information content (AvgIpc) is 3.03. The molecule has 1 fully saturated rings. The fourth-order valence-electron chi connectivity index (χ4n) is 3.34. The van der Waals surface area contributed by atoms with Gasteiger partial charge in [-0.3, -0.25) is 0 Å². The maximum Gasteiger partial charge on any atom is 0.124 e. The average molecular weight is 288 g/mol. The van der Waals surface area contributed by atoms with Crippen LogP contribution >= 0.6 is 11.6 Å². The van der Waals surface area contributed by atoms with Gasteiger partial charge in [-0.2, -0.15) is 5.26 Å². The highest BCUT2D eigenvalue weighted by Crippen LogP contribution is 2.33. The Bertz CT molecular complexity index is 668. The number of benzene rings is 1. The number of alkyl halides is 1. The molecule has 1 aromatic carbocycles. The Balaban J connectivity index is 2.03. The van der Waals surface area contributed by atoms with Gasteiger partial charge in [0.05, 0.1) is 17.0 Å². The highest BCUT2D eigenvalue weighted by Gasteiger charge is 2.23. The van der Waals surface area contributed by atoms with Crippen molar-refractivity contribution in [1.82, 2.24) is 9.55 Å². The van der Waals surface area contributed by atoms with E-state index in [0.717, 1.165) is 29.3 Å². The normalized spacial score (nSPS) is 22.2. The van der Waals surface area contributed by atoms with Crippen LogP contribution in [0.2, 0.25) is 0 Å². The van der Waals surface area contributed by atoms with Crippen LogP contribution in [0.4, 0.5) is 0 Å². The SMILES string of the molecule is CC1CCC(Cn2c(CCl)nc3c(C#N)cccc32)C1. The summed E-state index contributed by atoms with van der Waals surface area (Å²) in [6, 6.07) is 8.00. The second-order valence-corrected chi connectivity index (χ2v) is 6.11. The summed E-state index contributed by atoms with van der Waals surface area (Å²) >= 11 is 6.05. The van der Waals surface area contributed by atoms with Crippen molar-refractivity contribution in [3.63, 3.8) is 0 Å². The lowest BCUT2D eigenvalue weighted by Crippen LogP contribution is -2.10. The van der Waals surface area contributed by atoms with Gasteiger partial charge in [-0.1, -0.05) is 19.4 Å². The molecule has 0 aliphatic heterocycles. The van der Waals surface area contributed by atoms with E-state index in [1.807, 2.05) is 18.2 Å². The van der Waals surface area contributed by atoms with Crippen LogP contribution in [-0.2, 0) is 12.4 Å². The van der Waals surface area contributed by atoms with Gasteiger partial charge >= 0.3 is 0 Å². The highest BCUT2D eigenvalue weighted by molar-refractivity contribution is 6.16. The van der Waals surface area contributed by atoms with E-state index in [9.17, 15) is 5.26 Å². The zero-order valence-electron chi connectivity index (χ0n) is 11.6. The maximum absolute atomic E-state index is 9.20. The molecule has 1 heterocycles. The zero-order chi connectivity index (χ0) is 14.1. The molecule has 0 radical (unpaired) electrons. The third-order valence-electron chi connectivity index (χ3n) is 4.34. The molecule has 0 saturated heterocycles. The van der Waals surface area contributed by atoms with Crippen LogP contribution in [0.25, 0.3) is 11.0 Å². The minimum Gasteiger partial charge on any atom is -0.327 e. The molecule has 104 valence electrons.